The molecule has 2 heterocycles. The van der Waals surface area contributed by atoms with Gasteiger partial charge in [0.25, 0.3) is 10.0 Å². The van der Waals surface area contributed by atoms with Gasteiger partial charge in [-0.15, -0.1) is 0 Å². The molecule has 0 amide bonds. The SMILES string of the molecule is Cc1cc(S(=O)(=O)Nc2ccncn2)c(F)cc1NC1CCN(c2cccc(C(F)(F)F)c2)C[C@@H]1N(C)C. The molecule has 0 saturated carbocycles. The van der Waals surface area contributed by atoms with Crippen molar-refractivity contribution in [3.05, 3.63) is 71.9 Å². The molecule has 3 aromatic rings. The standard InChI is InChI=1S/C25H28F4N6O2S/c1-16-11-23(38(36,37)33-24-7-9-30-15-31-24)19(26)13-21(16)32-20-8-10-35(14-22(20)34(2)3)18-6-4-5-17(12-18)25(27,28)29/h4-7,9,11-13,15,20,22,32H,8,10,14H2,1-3H3,(H,30,31,33)/t20?,22-/m0/s1. The van der Waals surface area contributed by atoms with Gasteiger partial charge in [-0.2, -0.15) is 13.2 Å². The van der Waals surface area contributed by atoms with Gasteiger partial charge in [0.1, 0.15) is 22.9 Å². The van der Waals surface area contributed by atoms with Crippen LogP contribution in [-0.2, 0) is 16.2 Å². The van der Waals surface area contributed by atoms with E-state index in [4.69, 9.17) is 0 Å². The van der Waals surface area contributed by atoms with Crippen LogP contribution in [0.5, 0.6) is 0 Å². The summed E-state index contributed by atoms with van der Waals surface area (Å²) in [5, 5.41) is 3.33. The number of anilines is 3. The molecule has 4 rings (SSSR count). The average Bonchev–Trinajstić information content (AvgIpc) is 2.86. The third-order valence-electron chi connectivity index (χ3n) is 6.51. The Morgan fingerprint density at radius 2 is 1.89 bits per heavy atom. The first-order valence-electron chi connectivity index (χ1n) is 11.8. The monoisotopic (exact) mass is 552 g/mol. The Labute approximate surface area is 218 Å². The second-order valence-corrected chi connectivity index (χ2v) is 11.0. The average molecular weight is 553 g/mol. The number of aromatic nitrogens is 2. The highest BCUT2D eigenvalue weighted by Crippen LogP contribution is 2.33. The van der Waals surface area contributed by atoms with Crippen molar-refractivity contribution < 1.29 is 26.0 Å². The summed E-state index contributed by atoms with van der Waals surface area (Å²) < 4.78 is 82.4. The van der Waals surface area contributed by atoms with Crippen LogP contribution in [-0.4, -0.2) is 62.6 Å². The molecule has 2 N–H and O–H groups in total. The van der Waals surface area contributed by atoms with E-state index in [1.54, 1.807) is 13.0 Å². The lowest BCUT2D eigenvalue weighted by Gasteiger charge is -2.43. The number of piperidine rings is 1. The lowest BCUT2D eigenvalue weighted by molar-refractivity contribution is -0.137. The van der Waals surface area contributed by atoms with Crippen molar-refractivity contribution in [3.8, 4) is 0 Å². The zero-order valence-electron chi connectivity index (χ0n) is 21.0. The molecular weight excluding hydrogens is 524 g/mol. The highest BCUT2D eigenvalue weighted by Gasteiger charge is 2.34. The van der Waals surface area contributed by atoms with Crippen LogP contribution in [0, 0.1) is 12.7 Å². The molecule has 0 bridgehead atoms. The summed E-state index contributed by atoms with van der Waals surface area (Å²) in [5.41, 5.74) is 0.741. The summed E-state index contributed by atoms with van der Waals surface area (Å²) in [5.74, 6) is -0.914. The Bertz CT molecular complexity index is 1390. The van der Waals surface area contributed by atoms with Crippen molar-refractivity contribution in [3.63, 3.8) is 0 Å². The van der Waals surface area contributed by atoms with E-state index in [0.717, 1.165) is 18.2 Å². The van der Waals surface area contributed by atoms with E-state index in [9.17, 15) is 21.6 Å². The maximum Gasteiger partial charge on any atom is 0.416 e. The first kappa shape index (κ1) is 27.6. The summed E-state index contributed by atoms with van der Waals surface area (Å²) in [6.07, 6.45) is -1.33. The van der Waals surface area contributed by atoms with E-state index < -0.39 is 32.5 Å². The molecule has 0 radical (unpaired) electrons. The van der Waals surface area contributed by atoms with Gasteiger partial charge in [0.15, 0.2) is 0 Å². The number of benzene rings is 2. The largest absolute Gasteiger partial charge is 0.416 e. The number of hydrogen-bond donors (Lipinski definition) is 2. The molecule has 13 heteroatoms. The van der Waals surface area contributed by atoms with E-state index >= 15 is 4.39 Å². The van der Waals surface area contributed by atoms with Crippen molar-refractivity contribution in [2.24, 2.45) is 0 Å². The number of hydrogen-bond acceptors (Lipinski definition) is 7. The van der Waals surface area contributed by atoms with E-state index in [-0.39, 0.29) is 17.9 Å². The van der Waals surface area contributed by atoms with Gasteiger partial charge in [0.05, 0.1) is 5.56 Å². The topological polar surface area (TPSA) is 90.5 Å². The Balaban J connectivity index is 1.52. The molecule has 1 aliphatic rings. The Morgan fingerprint density at radius 1 is 1.13 bits per heavy atom. The maximum atomic E-state index is 15.1. The second-order valence-electron chi connectivity index (χ2n) is 9.36. The highest BCUT2D eigenvalue weighted by molar-refractivity contribution is 7.92. The Morgan fingerprint density at radius 3 is 2.55 bits per heavy atom. The molecule has 1 unspecified atom stereocenters. The minimum absolute atomic E-state index is 0.0145. The molecule has 38 heavy (non-hydrogen) atoms. The molecule has 1 fully saturated rings. The highest BCUT2D eigenvalue weighted by atomic mass is 32.2. The molecule has 8 nitrogen and oxygen atoms in total. The van der Waals surface area contributed by atoms with Crippen molar-refractivity contribution >= 4 is 27.2 Å². The van der Waals surface area contributed by atoms with Gasteiger partial charge in [-0.3, -0.25) is 4.72 Å². The van der Waals surface area contributed by atoms with Gasteiger partial charge in [0, 0.05) is 42.7 Å². The van der Waals surface area contributed by atoms with E-state index in [1.165, 1.54) is 30.7 Å². The third kappa shape index (κ3) is 6.16. The molecule has 204 valence electrons. The molecule has 2 aromatic carbocycles. The summed E-state index contributed by atoms with van der Waals surface area (Å²) >= 11 is 0. The van der Waals surface area contributed by atoms with Crippen LogP contribution in [0.4, 0.5) is 34.8 Å². The fraction of sp³-hybridized carbons (Fsp3) is 0.360. The number of alkyl halides is 3. The Kier molecular flexibility index (Phi) is 7.79. The Hall–Kier alpha value is -3.45. The minimum Gasteiger partial charge on any atom is -0.380 e. The minimum atomic E-state index is -4.43. The van der Waals surface area contributed by atoms with Gasteiger partial charge in [-0.1, -0.05) is 6.07 Å². The number of aryl methyl sites for hydroxylation is 1. The smallest absolute Gasteiger partial charge is 0.380 e. The van der Waals surface area contributed by atoms with Gasteiger partial charge < -0.3 is 15.1 Å². The summed E-state index contributed by atoms with van der Waals surface area (Å²) in [7, 11) is -0.487. The number of halogens is 4. The maximum absolute atomic E-state index is 15.1. The number of nitrogens with one attached hydrogen (secondary N) is 2. The summed E-state index contributed by atoms with van der Waals surface area (Å²) in [6, 6.07) is 8.72. The van der Waals surface area contributed by atoms with E-state index in [2.05, 4.69) is 20.0 Å². The van der Waals surface area contributed by atoms with Gasteiger partial charge in [-0.25, -0.2) is 22.8 Å². The van der Waals surface area contributed by atoms with Crippen LogP contribution in [0.3, 0.4) is 0 Å². The van der Waals surface area contributed by atoms with Crippen LogP contribution < -0.4 is 14.9 Å². The first-order valence-corrected chi connectivity index (χ1v) is 13.3. The second kappa shape index (κ2) is 10.7. The molecule has 1 aliphatic heterocycles. The number of sulfonamides is 1. The van der Waals surface area contributed by atoms with Gasteiger partial charge in [-0.05, 0) is 69.4 Å². The van der Waals surface area contributed by atoms with E-state index in [0.29, 0.717) is 36.4 Å². The van der Waals surface area contributed by atoms with Gasteiger partial charge >= 0.3 is 6.18 Å². The summed E-state index contributed by atoms with van der Waals surface area (Å²) in [6.45, 7) is 2.61. The van der Waals surface area contributed by atoms with Crippen molar-refractivity contribution in [1.29, 1.82) is 0 Å². The van der Waals surface area contributed by atoms with Gasteiger partial charge in [0.2, 0.25) is 0 Å². The molecule has 1 saturated heterocycles. The summed E-state index contributed by atoms with van der Waals surface area (Å²) in [4.78, 5) is 10.9. The van der Waals surface area contributed by atoms with Crippen LogP contribution in [0.1, 0.15) is 17.5 Å². The molecule has 2 atom stereocenters. The zero-order chi connectivity index (χ0) is 27.7. The van der Waals surface area contributed by atoms with Crippen LogP contribution in [0.2, 0.25) is 0 Å². The van der Waals surface area contributed by atoms with Crippen LogP contribution >= 0.6 is 0 Å². The first-order chi connectivity index (χ1) is 17.8. The quantitative estimate of drug-likeness (QED) is 0.421. The van der Waals surface area contributed by atoms with Crippen molar-refractivity contribution in [1.82, 2.24) is 14.9 Å². The van der Waals surface area contributed by atoms with Crippen molar-refractivity contribution in [2.45, 2.75) is 36.5 Å². The number of rotatable bonds is 7. The van der Waals surface area contributed by atoms with Crippen molar-refractivity contribution in [2.75, 3.05) is 42.1 Å². The van der Waals surface area contributed by atoms with E-state index in [1.807, 2.05) is 23.9 Å². The molecular formula is C25H28F4N6O2S. The predicted octanol–water partition coefficient (Wildman–Crippen LogP) is 4.36. The zero-order valence-corrected chi connectivity index (χ0v) is 21.8. The fourth-order valence-corrected chi connectivity index (χ4v) is 5.65. The molecule has 0 aliphatic carbocycles. The third-order valence-corrected chi connectivity index (χ3v) is 7.88. The molecule has 1 aromatic heterocycles. The normalized spacial score (nSPS) is 18.5. The lowest BCUT2D eigenvalue weighted by Crippen LogP contribution is -2.56. The van der Waals surface area contributed by atoms with Crippen LogP contribution in [0.25, 0.3) is 0 Å². The predicted molar refractivity (Wildman–Crippen MR) is 137 cm³/mol. The lowest BCUT2D eigenvalue weighted by atomic mass is 9.96. The number of nitrogens with zero attached hydrogens (tertiary/aromatic N) is 4. The fourth-order valence-electron chi connectivity index (χ4n) is 4.50. The van der Waals surface area contributed by atoms with Crippen LogP contribution in [0.15, 0.2) is 59.9 Å². The number of likely N-dealkylation sites (N-methyl/N-ethyl adjacent to an activating group) is 1. The molecule has 0 spiro atoms.